The largest absolute Gasteiger partial charge is 0.534 e. The van der Waals surface area contributed by atoms with Gasteiger partial charge in [0.15, 0.2) is 11.5 Å². The molecule has 0 radical (unpaired) electrons. The number of aromatic nitrogens is 1. The second-order valence-corrected chi connectivity index (χ2v) is 22.5. The van der Waals surface area contributed by atoms with Gasteiger partial charge in [-0.15, -0.1) is 0 Å². The number of carbonyl (C=O) groups is 4. The fourth-order valence-electron chi connectivity index (χ4n) is 14.8. The molecule has 2 aliphatic heterocycles. The van der Waals surface area contributed by atoms with Gasteiger partial charge in [0, 0.05) is 60.3 Å². The summed E-state index contributed by atoms with van der Waals surface area (Å²) in [5, 5.41) is 35.8. The molecule has 17 nitrogen and oxygen atoms in total. The molecular formula is C51H73ClF3NO16S. The van der Waals surface area contributed by atoms with Crippen molar-refractivity contribution in [2.24, 2.45) is 34.5 Å². The molecule has 412 valence electrons. The molecule has 0 aromatic carbocycles. The van der Waals surface area contributed by atoms with Crippen LogP contribution in [0.2, 0.25) is 5.02 Å². The molecule has 73 heavy (non-hydrogen) atoms. The van der Waals surface area contributed by atoms with Crippen molar-refractivity contribution in [2.45, 2.75) is 181 Å². The molecular weight excluding hydrogens is 1010 g/mol. The molecule has 4 bridgehead atoms. The Bertz CT molecular complexity index is 2520. The molecule has 1 aromatic heterocycles. The highest BCUT2D eigenvalue weighted by molar-refractivity contribution is 7.87. The predicted octanol–water partition coefficient (Wildman–Crippen LogP) is 7.75. The molecule has 0 amide bonds. The number of ketones is 2. The lowest BCUT2D eigenvalue weighted by Crippen LogP contribution is -2.78. The number of aliphatic hydroxyl groups is 3. The van der Waals surface area contributed by atoms with Gasteiger partial charge in [-0.1, -0.05) is 54.1 Å². The van der Waals surface area contributed by atoms with E-state index in [0.29, 0.717) is 31.1 Å². The number of esters is 2. The number of nitrogens with zero attached hydrogens (tertiary/aromatic N) is 1. The van der Waals surface area contributed by atoms with Crippen LogP contribution in [0.5, 0.6) is 0 Å². The van der Waals surface area contributed by atoms with Crippen LogP contribution in [0.25, 0.3) is 0 Å². The summed E-state index contributed by atoms with van der Waals surface area (Å²) in [7, 11) is -6.21. The number of halogens is 4. The number of alkyl halides is 3. The van der Waals surface area contributed by atoms with Crippen LogP contribution in [0.3, 0.4) is 0 Å². The Labute approximate surface area is 430 Å². The fourth-order valence-corrected chi connectivity index (χ4v) is 15.4. The van der Waals surface area contributed by atoms with E-state index in [-0.39, 0.29) is 64.7 Å². The monoisotopic (exact) mass is 1080 g/mol. The normalized spacial score (nSPS) is 40.8. The van der Waals surface area contributed by atoms with E-state index in [2.05, 4.69) is 9.17 Å². The van der Waals surface area contributed by atoms with Gasteiger partial charge in [-0.05, 0) is 98.1 Å². The topological polar surface area (TPSA) is 241 Å². The molecule has 22 heteroatoms. The average molecular weight is 1080 g/mol. The summed E-state index contributed by atoms with van der Waals surface area (Å²) in [6.07, 6.45) is 1.63. The number of rotatable bonds is 10. The number of aliphatic hydroxyl groups excluding tert-OH is 1. The van der Waals surface area contributed by atoms with Crippen LogP contribution in [-0.4, -0.2) is 130 Å². The lowest BCUT2D eigenvalue weighted by molar-refractivity contribution is -0.325. The van der Waals surface area contributed by atoms with E-state index in [4.69, 9.17) is 40.0 Å². The van der Waals surface area contributed by atoms with E-state index in [1.54, 1.807) is 33.9 Å². The van der Waals surface area contributed by atoms with Crippen molar-refractivity contribution in [1.82, 2.24) is 4.98 Å². The Hall–Kier alpha value is -3.70. The van der Waals surface area contributed by atoms with E-state index in [1.165, 1.54) is 0 Å². The first-order chi connectivity index (χ1) is 32.9. The van der Waals surface area contributed by atoms with Gasteiger partial charge in [-0.3, -0.25) is 24.2 Å². The molecule has 8 aliphatic rings. The predicted molar refractivity (Wildman–Crippen MR) is 258 cm³/mol. The maximum absolute atomic E-state index is 13.7. The fraction of sp³-hybridized carbons (Fsp3) is 0.745. The maximum atomic E-state index is 13.7. The van der Waals surface area contributed by atoms with Crippen molar-refractivity contribution < 1.29 is 88.7 Å². The second-order valence-electron chi connectivity index (χ2n) is 20.6. The van der Waals surface area contributed by atoms with Crippen LogP contribution >= 0.6 is 11.6 Å². The van der Waals surface area contributed by atoms with Gasteiger partial charge in [-0.2, -0.15) is 21.6 Å². The molecule has 1 aromatic rings. The first-order valence-electron chi connectivity index (χ1n) is 24.1. The Morgan fingerprint density at radius 2 is 1.16 bits per heavy atom. The number of hydrogen-bond donors (Lipinski definition) is 3. The summed E-state index contributed by atoms with van der Waals surface area (Å²) >= 11 is 5.55. The minimum Gasteiger partial charge on any atom is -0.504 e. The highest BCUT2D eigenvalue weighted by Crippen LogP contribution is 2.78. The van der Waals surface area contributed by atoms with Crippen LogP contribution in [0.4, 0.5) is 13.2 Å². The van der Waals surface area contributed by atoms with Gasteiger partial charge in [0.25, 0.3) is 0 Å². The van der Waals surface area contributed by atoms with Crippen molar-refractivity contribution >= 4 is 45.2 Å². The van der Waals surface area contributed by atoms with Gasteiger partial charge >= 0.3 is 27.6 Å². The zero-order valence-corrected chi connectivity index (χ0v) is 43.4. The van der Waals surface area contributed by atoms with Crippen molar-refractivity contribution in [3.63, 3.8) is 0 Å². The van der Waals surface area contributed by atoms with Gasteiger partial charge in [0.05, 0.1) is 29.7 Å². The summed E-state index contributed by atoms with van der Waals surface area (Å²) in [5.41, 5.74) is -18.1. The Morgan fingerprint density at radius 3 is 1.53 bits per heavy atom. The van der Waals surface area contributed by atoms with Crippen LogP contribution in [0, 0.1) is 41.4 Å². The Balaban J connectivity index is 0.000000233. The first kappa shape index (κ1) is 60.2. The van der Waals surface area contributed by atoms with E-state index in [9.17, 15) is 56.1 Å². The number of Topliss-reactive ketones (excluding diaryl/α,β-unsaturated/α-hetero) is 2. The van der Waals surface area contributed by atoms with Crippen LogP contribution < -0.4 is 0 Å². The van der Waals surface area contributed by atoms with Crippen molar-refractivity contribution in [3.05, 3.63) is 51.7 Å². The summed E-state index contributed by atoms with van der Waals surface area (Å²) in [6, 6.07) is 3.70. The molecule has 6 aliphatic carbocycles. The number of carbonyl (C=O) groups excluding carboxylic acids is 4. The number of pyridine rings is 1. The van der Waals surface area contributed by atoms with Gasteiger partial charge in [-0.25, -0.2) is 0 Å². The zero-order chi connectivity index (χ0) is 53.1. The van der Waals surface area contributed by atoms with Crippen molar-refractivity contribution in [1.29, 1.82) is 0 Å². The molecule has 14 atom stereocenters. The average Bonchev–Trinajstić information content (AvgIpc) is 3.65. The van der Waals surface area contributed by atoms with E-state index in [1.807, 2.05) is 53.7 Å². The summed E-state index contributed by atoms with van der Waals surface area (Å²) in [5.74, 6) is -7.40. The van der Waals surface area contributed by atoms with Gasteiger partial charge in [0.1, 0.15) is 34.6 Å². The molecule has 3 N–H and O–H groups in total. The van der Waals surface area contributed by atoms with Crippen LogP contribution in [0.1, 0.15) is 128 Å². The van der Waals surface area contributed by atoms with Crippen molar-refractivity contribution in [3.8, 4) is 0 Å². The number of allylic oxidation sites excluding steroid dienone is 2. The number of aryl methyl sites for hydroxylation is 1. The molecule has 2 saturated heterocycles. The van der Waals surface area contributed by atoms with Crippen LogP contribution in [0.15, 0.2) is 41.0 Å². The van der Waals surface area contributed by atoms with E-state index < -0.39 is 125 Å². The number of fused-ring (bicyclic) bond motifs is 4. The lowest BCUT2D eigenvalue weighted by atomic mass is 9.55. The van der Waals surface area contributed by atoms with E-state index >= 15 is 0 Å². The zero-order valence-electron chi connectivity index (χ0n) is 41.8. The summed E-state index contributed by atoms with van der Waals surface area (Å²) < 4.78 is 104. The third-order valence-electron chi connectivity index (χ3n) is 17.2. The smallest absolute Gasteiger partial charge is 0.504 e. The molecule has 0 spiro atoms. The highest BCUT2D eigenvalue weighted by atomic mass is 35.5. The second kappa shape index (κ2) is 19.7. The number of ether oxygens (including phenoxy) is 6. The molecule has 3 heterocycles. The molecule has 14 unspecified atom stereocenters. The Kier molecular flexibility index (Phi) is 16.2. The summed E-state index contributed by atoms with van der Waals surface area (Å²) in [4.78, 5) is 56.5. The summed E-state index contributed by atoms with van der Waals surface area (Å²) in [6.45, 7) is 19.8. The van der Waals surface area contributed by atoms with Crippen LogP contribution in [-0.2, 0) is 61.9 Å². The third-order valence-corrected chi connectivity index (χ3v) is 18.4. The Morgan fingerprint density at radius 1 is 0.740 bits per heavy atom. The molecule has 4 saturated carbocycles. The maximum Gasteiger partial charge on any atom is 0.534 e. The third kappa shape index (κ3) is 7.48. The van der Waals surface area contributed by atoms with Gasteiger partial charge < -0.3 is 47.9 Å². The quantitative estimate of drug-likeness (QED) is 0.115. The first-order valence-corrected chi connectivity index (χ1v) is 25.9. The highest BCUT2D eigenvalue weighted by Gasteiger charge is 2.94. The van der Waals surface area contributed by atoms with Gasteiger partial charge in [0.2, 0.25) is 22.8 Å². The molecule has 6 fully saturated rings. The lowest BCUT2D eigenvalue weighted by Gasteiger charge is -2.62. The molecule has 9 rings (SSSR count). The minimum absolute atomic E-state index is 0. The SMILES string of the molecule is C.C.CCOC1C(C)CCC2(OCC)C3(C)CC(=O)OC12C1(O)C(C)=C(O)C(=O)C31.CCOC1C(C)CCC2(OCC)C3(C)CC(=O)OC12C1(O)C(C)=C(OS(=O)(=O)C(F)(F)F)C(=O)C31.Cc1ccc(Cl)cn1. The number of hydrogen-bond acceptors (Lipinski definition) is 17. The standard InChI is InChI=1S/C22H29F3O9S.C21H30O7.C6H6ClN.2CH4/c1-6-31-17-11(3)8-9-19(32-7-2)18(5)10-13(26)33-21(17,19)20(28)12(4)15(14(27)16(18)20)34-35(29,30)22(23,24)25;1-6-26-17-11(3)8-9-19(27-7-2)18(5)10-13(22)28-21(17,19)20(25)12(4)14(23)15(24)16(18)20;1-5-2-3-6(7)4-8-5;;/h11,16-17,28H,6-10H2,1-5H3;11,16-17,23,25H,6-10H2,1-5H3;2-4H,1H3;2*1H4. The van der Waals surface area contributed by atoms with Crippen molar-refractivity contribution in [2.75, 3.05) is 26.4 Å². The minimum atomic E-state index is -6.21. The van der Waals surface area contributed by atoms with E-state index in [0.717, 1.165) is 19.0 Å².